The largest absolute Gasteiger partial charge is 0.234 e. The molecule has 0 spiro atoms. The third-order valence-corrected chi connectivity index (χ3v) is 0.223. The third kappa shape index (κ3) is 51.5. The van der Waals surface area contributed by atoms with E-state index in [0.717, 1.165) is 6.32 Å². The van der Waals surface area contributed by atoms with Crippen LogP contribution in [0.4, 0.5) is 0 Å². The molecule has 3 heteroatoms. The van der Waals surface area contributed by atoms with Crippen LogP contribution in [-0.4, -0.2) is 20.5 Å². The van der Waals surface area contributed by atoms with Gasteiger partial charge in [0.05, 0.1) is 7.85 Å². The third-order valence-electron chi connectivity index (χ3n) is 0.223. The highest BCUT2D eigenvalue weighted by Gasteiger charge is 1.52. The summed E-state index contributed by atoms with van der Waals surface area (Å²) in [5.74, 6) is 0. The van der Waals surface area contributed by atoms with E-state index < -0.39 is 0 Å². The van der Waals surface area contributed by atoms with E-state index in [-0.39, 0.29) is 0 Å². The maximum Gasteiger partial charge on any atom is 0.234 e. The highest BCUT2D eigenvalue weighted by atomic mass is 16.1. The summed E-state index contributed by atoms with van der Waals surface area (Å²) in [6.07, 6.45) is 2.14. The Morgan fingerprint density at radius 2 is 2.00 bits per heavy atom. The maximum absolute atomic E-state index is 9.11. The SMILES string of the molecule is CCN=C=O.[B]CC. The molecule has 0 aromatic rings. The van der Waals surface area contributed by atoms with Gasteiger partial charge in [-0.15, -0.1) is 0 Å². The Morgan fingerprint density at radius 1 is 1.62 bits per heavy atom. The predicted octanol–water partition coefficient (Wildman–Crippen LogP) is 0.935. The fourth-order valence-electron chi connectivity index (χ4n) is 0.0645. The van der Waals surface area contributed by atoms with E-state index >= 15 is 0 Å². The molecular weight excluding hydrogens is 101 g/mol. The van der Waals surface area contributed by atoms with Gasteiger partial charge in [0.2, 0.25) is 6.08 Å². The molecule has 0 bridgehead atoms. The maximum atomic E-state index is 9.11. The van der Waals surface area contributed by atoms with Gasteiger partial charge in [-0.3, -0.25) is 0 Å². The minimum Gasteiger partial charge on any atom is -0.211 e. The Kier molecular flexibility index (Phi) is 21.0. The van der Waals surface area contributed by atoms with Crippen LogP contribution in [0.2, 0.25) is 6.32 Å². The fraction of sp³-hybridized carbons (Fsp3) is 0.800. The second-order valence-electron chi connectivity index (χ2n) is 0.974. The van der Waals surface area contributed by atoms with Crippen LogP contribution in [-0.2, 0) is 4.79 Å². The number of aliphatic imine (C=N–C) groups is 1. The quantitative estimate of drug-likeness (QED) is 0.281. The first-order valence-corrected chi connectivity index (χ1v) is 2.57. The topological polar surface area (TPSA) is 29.4 Å². The number of hydrogen-bond donors (Lipinski definition) is 0. The van der Waals surface area contributed by atoms with E-state index in [1.807, 2.05) is 6.92 Å². The van der Waals surface area contributed by atoms with Gasteiger partial charge >= 0.3 is 0 Å². The molecule has 44 valence electrons. The normalized spacial score (nSPS) is 5.75. The fourth-order valence-corrected chi connectivity index (χ4v) is 0.0645. The van der Waals surface area contributed by atoms with Crippen molar-refractivity contribution in [1.82, 2.24) is 0 Å². The molecule has 0 saturated heterocycles. The number of carbonyl (C=O) groups excluding carboxylic acids is 1. The summed E-state index contributed by atoms with van der Waals surface area (Å²) >= 11 is 0. The smallest absolute Gasteiger partial charge is 0.211 e. The summed E-state index contributed by atoms with van der Waals surface area (Å²) in [4.78, 5) is 12.3. The molecular formula is C5H10BNO. The molecule has 0 N–H and O–H groups in total. The summed E-state index contributed by atoms with van der Waals surface area (Å²) in [5, 5.41) is 0. The molecule has 0 aliphatic rings. The summed E-state index contributed by atoms with van der Waals surface area (Å²) < 4.78 is 0. The van der Waals surface area contributed by atoms with Crippen LogP contribution < -0.4 is 0 Å². The zero-order valence-electron chi connectivity index (χ0n) is 5.35. The van der Waals surface area contributed by atoms with Crippen LogP contribution in [0, 0.1) is 0 Å². The van der Waals surface area contributed by atoms with E-state index in [4.69, 9.17) is 12.6 Å². The molecule has 8 heavy (non-hydrogen) atoms. The molecule has 0 saturated carbocycles. The van der Waals surface area contributed by atoms with Gasteiger partial charge in [0.15, 0.2) is 0 Å². The molecule has 0 atom stereocenters. The van der Waals surface area contributed by atoms with Gasteiger partial charge in [0.1, 0.15) is 0 Å². The first-order chi connectivity index (χ1) is 3.83. The zero-order valence-corrected chi connectivity index (χ0v) is 5.35. The van der Waals surface area contributed by atoms with Gasteiger partial charge in [-0.25, -0.2) is 9.79 Å². The van der Waals surface area contributed by atoms with Crippen LogP contribution in [0.3, 0.4) is 0 Å². The van der Waals surface area contributed by atoms with Crippen LogP contribution in [0.1, 0.15) is 13.8 Å². The van der Waals surface area contributed by atoms with Crippen molar-refractivity contribution in [3.63, 3.8) is 0 Å². The number of isocyanates is 1. The molecule has 0 fully saturated rings. The highest BCUT2D eigenvalue weighted by molar-refractivity contribution is 6.08. The molecule has 0 aromatic heterocycles. The van der Waals surface area contributed by atoms with Gasteiger partial charge < -0.3 is 0 Å². The standard InChI is InChI=1S/C3H5NO.C2H5B/c1-2-4-3-5;1-2-3/h2H2,1H3;2H2,1H3. The Bertz CT molecular complexity index is 68.8. The van der Waals surface area contributed by atoms with Crippen LogP contribution in [0.5, 0.6) is 0 Å². The summed E-state index contributed by atoms with van der Waals surface area (Å²) in [7, 11) is 4.85. The Hall–Kier alpha value is -0.555. The molecule has 0 aliphatic carbocycles. The van der Waals surface area contributed by atoms with Crippen molar-refractivity contribution in [3.05, 3.63) is 0 Å². The predicted molar refractivity (Wildman–Crippen MR) is 34.9 cm³/mol. The molecule has 0 rings (SSSR count). The van der Waals surface area contributed by atoms with Crippen molar-refractivity contribution in [1.29, 1.82) is 0 Å². The first-order valence-electron chi connectivity index (χ1n) is 2.57. The van der Waals surface area contributed by atoms with Gasteiger partial charge in [0.25, 0.3) is 0 Å². The summed E-state index contributed by atoms with van der Waals surface area (Å²) in [6.45, 7) is 4.23. The Balaban J connectivity index is 0. The lowest BCUT2D eigenvalue weighted by atomic mass is 10.1. The van der Waals surface area contributed by atoms with E-state index in [1.165, 1.54) is 6.08 Å². The van der Waals surface area contributed by atoms with Crippen molar-refractivity contribution >= 4 is 13.9 Å². The van der Waals surface area contributed by atoms with Gasteiger partial charge in [-0.2, -0.15) is 0 Å². The average molecular weight is 111 g/mol. The van der Waals surface area contributed by atoms with Crippen LogP contribution in [0.25, 0.3) is 0 Å². The van der Waals surface area contributed by atoms with E-state index in [0.29, 0.717) is 6.54 Å². The number of nitrogens with zero attached hydrogens (tertiary/aromatic N) is 1. The van der Waals surface area contributed by atoms with Crippen LogP contribution in [0.15, 0.2) is 4.99 Å². The van der Waals surface area contributed by atoms with Crippen molar-refractivity contribution < 1.29 is 4.79 Å². The van der Waals surface area contributed by atoms with Gasteiger partial charge in [-0.1, -0.05) is 13.2 Å². The van der Waals surface area contributed by atoms with E-state index in [1.54, 1.807) is 6.92 Å². The lowest BCUT2D eigenvalue weighted by molar-refractivity contribution is 0.563. The minimum absolute atomic E-state index is 0.545. The van der Waals surface area contributed by atoms with Crippen LogP contribution >= 0.6 is 0 Å². The highest BCUT2D eigenvalue weighted by Crippen LogP contribution is 1.52. The monoisotopic (exact) mass is 111 g/mol. The molecule has 0 aromatic carbocycles. The molecule has 0 aliphatic heterocycles. The van der Waals surface area contributed by atoms with Crippen molar-refractivity contribution in [2.75, 3.05) is 6.54 Å². The molecule has 2 radical (unpaired) electrons. The molecule has 0 unspecified atom stereocenters. The zero-order chi connectivity index (χ0) is 6.83. The van der Waals surface area contributed by atoms with E-state index in [2.05, 4.69) is 4.99 Å². The number of hydrogen-bond acceptors (Lipinski definition) is 2. The second kappa shape index (κ2) is 16.1. The second-order valence-corrected chi connectivity index (χ2v) is 0.974. The summed E-state index contributed by atoms with van der Waals surface area (Å²) in [6, 6.07) is 0. The molecule has 2 nitrogen and oxygen atoms in total. The van der Waals surface area contributed by atoms with Crippen molar-refractivity contribution in [2.24, 2.45) is 4.99 Å². The summed E-state index contributed by atoms with van der Waals surface area (Å²) in [5.41, 5.74) is 0. The van der Waals surface area contributed by atoms with Crippen molar-refractivity contribution in [3.8, 4) is 0 Å². The Labute approximate surface area is 51.4 Å². The average Bonchev–Trinajstić information content (AvgIpc) is 1.71. The molecule has 0 heterocycles. The van der Waals surface area contributed by atoms with Gasteiger partial charge in [0, 0.05) is 6.54 Å². The lowest BCUT2D eigenvalue weighted by Gasteiger charge is -1.58. The first kappa shape index (κ1) is 10.4. The minimum atomic E-state index is 0.545. The lowest BCUT2D eigenvalue weighted by Crippen LogP contribution is -1.58. The van der Waals surface area contributed by atoms with E-state index in [9.17, 15) is 0 Å². The molecule has 0 amide bonds. The van der Waals surface area contributed by atoms with Crippen molar-refractivity contribution in [2.45, 2.75) is 20.2 Å². The number of rotatable bonds is 1. The van der Waals surface area contributed by atoms with Gasteiger partial charge in [-0.05, 0) is 6.92 Å². The Morgan fingerprint density at radius 3 is 2.00 bits per heavy atom.